The predicted molar refractivity (Wildman–Crippen MR) is 87.1 cm³/mol. The number of ether oxygens (including phenoxy) is 1. The quantitative estimate of drug-likeness (QED) is 0.622. The van der Waals surface area contributed by atoms with Crippen LogP contribution in [0.25, 0.3) is 0 Å². The standard InChI is InChI=1S/C15H22BrNO2S/c1-19-10-12(7-8-16)17-15(18)14-9-11-5-3-2-4-6-13(11)20-14/h9,12H,2-8,10H2,1H3,(H,17,18). The van der Waals surface area contributed by atoms with Crippen LogP contribution in [-0.2, 0) is 17.6 Å². The van der Waals surface area contributed by atoms with E-state index in [0.717, 1.165) is 29.5 Å². The van der Waals surface area contributed by atoms with Crippen molar-refractivity contribution in [2.45, 2.75) is 44.6 Å². The molecule has 1 heterocycles. The number of halogens is 1. The summed E-state index contributed by atoms with van der Waals surface area (Å²) in [6.45, 7) is 0.558. The molecule has 1 aliphatic rings. The van der Waals surface area contributed by atoms with Gasteiger partial charge >= 0.3 is 0 Å². The molecule has 1 aromatic rings. The SMILES string of the molecule is COCC(CCBr)NC(=O)c1cc2c(s1)CCCCC2. The smallest absolute Gasteiger partial charge is 0.261 e. The minimum absolute atomic E-state index is 0.0473. The van der Waals surface area contributed by atoms with E-state index in [1.54, 1.807) is 18.4 Å². The molecule has 0 radical (unpaired) electrons. The van der Waals surface area contributed by atoms with Gasteiger partial charge in [0.2, 0.25) is 0 Å². The maximum absolute atomic E-state index is 12.3. The lowest BCUT2D eigenvalue weighted by Gasteiger charge is -2.16. The van der Waals surface area contributed by atoms with Gasteiger partial charge in [-0.1, -0.05) is 22.4 Å². The van der Waals surface area contributed by atoms with Crippen LogP contribution < -0.4 is 5.32 Å². The highest BCUT2D eigenvalue weighted by atomic mass is 79.9. The molecule has 0 spiro atoms. The Morgan fingerprint density at radius 3 is 3.00 bits per heavy atom. The van der Waals surface area contributed by atoms with Crippen molar-refractivity contribution in [3.63, 3.8) is 0 Å². The van der Waals surface area contributed by atoms with Crippen LogP contribution in [0.2, 0.25) is 0 Å². The van der Waals surface area contributed by atoms with Crippen molar-refractivity contribution in [1.29, 1.82) is 0 Å². The average molecular weight is 360 g/mol. The van der Waals surface area contributed by atoms with Gasteiger partial charge in [-0.15, -0.1) is 11.3 Å². The van der Waals surface area contributed by atoms with Gasteiger partial charge in [0, 0.05) is 17.3 Å². The van der Waals surface area contributed by atoms with Crippen LogP contribution in [0.5, 0.6) is 0 Å². The largest absolute Gasteiger partial charge is 0.383 e. The fourth-order valence-electron chi connectivity index (χ4n) is 2.57. The number of alkyl halides is 1. The second-order valence-corrected chi connectivity index (χ2v) is 7.15. The molecule has 1 unspecified atom stereocenters. The van der Waals surface area contributed by atoms with Gasteiger partial charge in [0.1, 0.15) is 0 Å². The number of methoxy groups -OCH3 is 1. The fraction of sp³-hybridized carbons (Fsp3) is 0.667. The van der Waals surface area contributed by atoms with E-state index in [2.05, 4.69) is 27.3 Å². The van der Waals surface area contributed by atoms with Crippen molar-refractivity contribution in [3.05, 3.63) is 21.4 Å². The Labute approximate surface area is 133 Å². The molecule has 112 valence electrons. The maximum Gasteiger partial charge on any atom is 0.261 e. The molecule has 2 rings (SSSR count). The zero-order valence-corrected chi connectivity index (χ0v) is 14.3. The molecule has 1 N–H and O–H groups in total. The molecule has 0 fully saturated rings. The molecule has 1 aromatic heterocycles. The van der Waals surface area contributed by atoms with E-state index in [-0.39, 0.29) is 11.9 Å². The number of amides is 1. The van der Waals surface area contributed by atoms with Crippen LogP contribution in [0, 0.1) is 0 Å². The number of rotatable bonds is 6. The maximum atomic E-state index is 12.3. The molecule has 0 aliphatic heterocycles. The van der Waals surface area contributed by atoms with Crippen LogP contribution >= 0.6 is 27.3 Å². The first kappa shape index (κ1) is 16.0. The van der Waals surface area contributed by atoms with Crippen LogP contribution in [0.4, 0.5) is 0 Å². The summed E-state index contributed by atoms with van der Waals surface area (Å²) in [5.74, 6) is 0.0473. The minimum Gasteiger partial charge on any atom is -0.383 e. The van der Waals surface area contributed by atoms with Gasteiger partial charge < -0.3 is 10.1 Å². The van der Waals surface area contributed by atoms with Crippen LogP contribution in [0.3, 0.4) is 0 Å². The lowest BCUT2D eigenvalue weighted by atomic mass is 10.1. The summed E-state index contributed by atoms with van der Waals surface area (Å²) < 4.78 is 5.16. The number of fused-ring (bicyclic) bond motifs is 1. The zero-order valence-electron chi connectivity index (χ0n) is 11.9. The average Bonchev–Trinajstić information content (AvgIpc) is 2.71. The lowest BCUT2D eigenvalue weighted by Crippen LogP contribution is -2.38. The van der Waals surface area contributed by atoms with Crippen molar-refractivity contribution < 1.29 is 9.53 Å². The molecule has 5 heteroatoms. The van der Waals surface area contributed by atoms with E-state index in [0.29, 0.717) is 6.61 Å². The zero-order chi connectivity index (χ0) is 14.4. The summed E-state index contributed by atoms with van der Waals surface area (Å²) in [4.78, 5) is 14.6. The summed E-state index contributed by atoms with van der Waals surface area (Å²) in [6.07, 6.45) is 6.96. The van der Waals surface area contributed by atoms with E-state index in [4.69, 9.17) is 4.74 Å². The van der Waals surface area contributed by atoms with Gasteiger partial charge in [0.05, 0.1) is 17.5 Å². The van der Waals surface area contributed by atoms with Crippen molar-refractivity contribution in [2.75, 3.05) is 19.0 Å². The summed E-state index contributed by atoms with van der Waals surface area (Å²) >= 11 is 5.09. The molecule has 0 saturated carbocycles. The van der Waals surface area contributed by atoms with Crippen molar-refractivity contribution in [2.24, 2.45) is 0 Å². The third kappa shape index (κ3) is 4.30. The van der Waals surface area contributed by atoms with E-state index in [9.17, 15) is 4.79 Å². The number of carbonyl (C=O) groups is 1. The first-order valence-electron chi connectivity index (χ1n) is 7.22. The van der Waals surface area contributed by atoms with E-state index >= 15 is 0 Å². The summed E-state index contributed by atoms with van der Waals surface area (Å²) in [7, 11) is 1.67. The van der Waals surface area contributed by atoms with Crippen molar-refractivity contribution in [3.8, 4) is 0 Å². The van der Waals surface area contributed by atoms with Gasteiger partial charge in [-0.3, -0.25) is 4.79 Å². The third-order valence-electron chi connectivity index (χ3n) is 3.63. The molecule has 1 atom stereocenters. The number of carbonyl (C=O) groups excluding carboxylic acids is 1. The summed E-state index contributed by atoms with van der Waals surface area (Å²) in [5.41, 5.74) is 1.39. The topological polar surface area (TPSA) is 38.3 Å². The predicted octanol–water partition coefficient (Wildman–Crippen LogP) is 3.55. The Hall–Kier alpha value is -0.390. The Morgan fingerprint density at radius 1 is 1.45 bits per heavy atom. The van der Waals surface area contributed by atoms with Gasteiger partial charge in [-0.05, 0) is 43.7 Å². The fourth-order valence-corrected chi connectivity index (χ4v) is 4.28. The van der Waals surface area contributed by atoms with Crippen LogP contribution in [0.1, 0.15) is 45.8 Å². The van der Waals surface area contributed by atoms with E-state index in [1.807, 2.05) is 0 Å². The number of thiophene rings is 1. The summed E-state index contributed by atoms with van der Waals surface area (Å²) in [6, 6.07) is 2.17. The number of nitrogens with one attached hydrogen (secondary N) is 1. The molecule has 1 aliphatic carbocycles. The van der Waals surface area contributed by atoms with Crippen LogP contribution in [0.15, 0.2) is 6.07 Å². The molecule has 20 heavy (non-hydrogen) atoms. The number of hydrogen-bond donors (Lipinski definition) is 1. The molecule has 0 saturated heterocycles. The van der Waals surface area contributed by atoms with Crippen molar-refractivity contribution >= 4 is 33.2 Å². The van der Waals surface area contributed by atoms with E-state index in [1.165, 1.54) is 29.7 Å². The molecule has 0 bridgehead atoms. The second kappa shape index (κ2) is 8.15. The van der Waals surface area contributed by atoms with Gasteiger partial charge in [-0.2, -0.15) is 0 Å². The molecule has 3 nitrogen and oxygen atoms in total. The van der Waals surface area contributed by atoms with Crippen LogP contribution in [-0.4, -0.2) is 31.0 Å². The van der Waals surface area contributed by atoms with Gasteiger partial charge in [-0.25, -0.2) is 0 Å². The molecular formula is C15H22BrNO2S. The Morgan fingerprint density at radius 2 is 2.25 bits per heavy atom. The molecular weight excluding hydrogens is 338 g/mol. The highest BCUT2D eigenvalue weighted by Gasteiger charge is 2.18. The molecule has 1 amide bonds. The third-order valence-corrected chi connectivity index (χ3v) is 5.32. The summed E-state index contributed by atoms with van der Waals surface area (Å²) in [5, 5.41) is 3.94. The lowest BCUT2D eigenvalue weighted by molar-refractivity contribution is 0.0899. The minimum atomic E-state index is 0.0473. The second-order valence-electron chi connectivity index (χ2n) is 5.22. The molecule has 0 aromatic carbocycles. The Balaban J connectivity index is 2.01. The first-order valence-corrected chi connectivity index (χ1v) is 9.15. The highest BCUT2D eigenvalue weighted by molar-refractivity contribution is 9.09. The highest BCUT2D eigenvalue weighted by Crippen LogP contribution is 2.29. The van der Waals surface area contributed by atoms with Gasteiger partial charge in [0.25, 0.3) is 5.91 Å². The first-order chi connectivity index (χ1) is 9.74. The monoisotopic (exact) mass is 359 g/mol. The number of aryl methyl sites for hydroxylation is 2. The van der Waals surface area contributed by atoms with E-state index < -0.39 is 0 Å². The van der Waals surface area contributed by atoms with Crippen molar-refractivity contribution in [1.82, 2.24) is 5.32 Å². The normalized spacial score (nSPS) is 16.3. The number of hydrogen-bond acceptors (Lipinski definition) is 3. The Bertz CT molecular complexity index is 418. The van der Waals surface area contributed by atoms with Gasteiger partial charge in [0.15, 0.2) is 0 Å². The Kier molecular flexibility index (Phi) is 6.52.